The maximum atomic E-state index is 17.3. The Balaban J connectivity index is 1.31. The number of terminal acetylenes is 1. The number of rotatable bonds is 8. The molecule has 4 aromatic rings. The molecule has 4 fully saturated rings. The number of hydrogen-bond acceptors (Lipinski definition) is 10. The molecule has 2 atom stereocenters. The second-order valence-corrected chi connectivity index (χ2v) is 14.0. The first-order chi connectivity index (χ1) is 25.2. The average molecular weight is 684 g/mol. The van der Waals surface area contributed by atoms with Crippen LogP contribution in [0.2, 0.25) is 0 Å². The highest BCUT2D eigenvalue weighted by molar-refractivity contribution is 6.04. The molecule has 0 aliphatic carbocycles. The number of anilines is 1. The Labute approximate surface area is 293 Å². The Morgan fingerprint density at radius 1 is 1.14 bits per heavy atom. The van der Waals surface area contributed by atoms with Crippen molar-refractivity contribution in [3.63, 3.8) is 0 Å². The zero-order valence-electron chi connectivity index (χ0n) is 30.6. The third-order valence-electron chi connectivity index (χ3n) is 10.5. The van der Waals surface area contributed by atoms with Crippen LogP contribution in [-0.4, -0.2) is 95.6 Å². The lowest BCUT2D eigenvalue weighted by Gasteiger charge is -2.42. The number of ether oxygens (including phenoxy) is 3. The van der Waals surface area contributed by atoms with E-state index in [0.29, 0.717) is 44.3 Å². The van der Waals surface area contributed by atoms with Gasteiger partial charge in [0.2, 0.25) is 5.88 Å². The number of nitrogens with zero attached hydrogens (tertiary/aromatic N) is 5. The van der Waals surface area contributed by atoms with Crippen LogP contribution in [0.15, 0.2) is 48.6 Å². The van der Waals surface area contributed by atoms with E-state index in [1.807, 2.05) is 4.90 Å². The third-order valence-corrected chi connectivity index (χ3v) is 10.5. The van der Waals surface area contributed by atoms with Gasteiger partial charge in [-0.05, 0) is 49.3 Å². The van der Waals surface area contributed by atoms with Crippen LogP contribution in [0.5, 0.6) is 17.6 Å². The van der Waals surface area contributed by atoms with E-state index < -0.39 is 29.8 Å². The molecule has 2 N–H and O–H groups in total. The largest absolute Gasteiger partial charge is 0.508 e. The van der Waals surface area contributed by atoms with E-state index in [-0.39, 0.29) is 82.4 Å². The van der Waals surface area contributed by atoms with Gasteiger partial charge in [-0.3, -0.25) is 4.90 Å². The van der Waals surface area contributed by atoms with Crippen LogP contribution >= 0.6 is 0 Å². The maximum absolute atomic E-state index is 17.3. The van der Waals surface area contributed by atoms with Gasteiger partial charge in [-0.15, -0.1) is 6.42 Å². The van der Waals surface area contributed by atoms with Crippen LogP contribution in [0.25, 0.3) is 32.9 Å². The van der Waals surface area contributed by atoms with Crippen molar-refractivity contribution in [1.82, 2.24) is 25.2 Å². The highest BCUT2D eigenvalue weighted by Crippen LogP contribution is 2.45. The topological polar surface area (TPSA) is 105 Å². The van der Waals surface area contributed by atoms with E-state index in [1.165, 1.54) is 31.4 Å². The quantitative estimate of drug-likeness (QED) is 0.192. The summed E-state index contributed by atoms with van der Waals surface area (Å²) in [5.74, 6) is 0.813. The molecule has 0 amide bonds. The number of aromatic hydroxyl groups is 1. The van der Waals surface area contributed by atoms with Gasteiger partial charge in [-0.1, -0.05) is 36.3 Å². The second kappa shape index (κ2) is 11.9. The summed E-state index contributed by atoms with van der Waals surface area (Å²) in [7, 11) is -1.21. The van der Waals surface area contributed by atoms with Gasteiger partial charge in [-0.25, -0.2) is 13.8 Å². The number of halogens is 2. The number of methoxy groups -OCH3 is 2. The molecule has 2 aromatic carbocycles. The molecular formula is C38H38F2N6O4. The van der Waals surface area contributed by atoms with Crippen LogP contribution in [0, 0.1) is 24.0 Å². The van der Waals surface area contributed by atoms with E-state index >= 15 is 8.78 Å². The first kappa shape index (κ1) is 29.0. The Morgan fingerprint density at radius 3 is 2.68 bits per heavy atom. The van der Waals surface area contributed by atoms with E-state index in [1.54, 1.807) is 0 Å². The maximum Gasteiger partial charge on any atom is 0.319 e. The summed E-state index contributed by atoms with van der Waals surface area (Å²) in [5.41, 5.74) is 0.501. The molecular weight excluding hydrogens is 642 g/mol. The molecule has 12 heteroatoms. The number of benzene rings is 2. The minimum absolute atomic E-state index is 0.0317. The van der Waals surface area contributed by atoms with Crippen LogP contribution in [0.3, 0.4) is 0 Å². The molecule has 4 aliphatic rings. The van der Waals surface area contributed by atoms with Crippen molar-refractivity contribution >= 4 is 27.5 Å². The molecule has 258 valence electrons. The highest BCUT2D eigenvalue weighted by atomic mass is 19.1. The predicted molar refractivity (Wildman–Crippen MR) is 187 cm³/mol. The fourth-order valence-corrected chi connectivity index (χ4v) is 8.57. The SMILES string of the molecule is [2H]C([2H])([2H])OC[C@]12CC[C@H](CN(c3nc(OCC45CC(=C)CN4CC(=C)C5)nc4c(F)c(-c5cc(O)cc6ccc(F)c(C#C)c56)nc(OC)c34)C1)N2. The number of phenolic OH excluding ortho intramolecular Hbond substituents is 1. The minimum Gasteiger partial charge on any atom is -0.508 e. The lowest BCUT2D eigenvalue weighted by atomic mass is 9.92. The average Bonchev–Trinajstić information content (AvgIpc) is 3.70. The number of fused-ring (bicyclic) bond motifs is 5. The summed E-state index contributed by atoms with van der Waals surface area (Å²) in [6.07, 6.45) is 8.54. The van der Waals surface area contributed by atoms with Crippen molar-refractivity contribution in [2.24, 2.45) is 0 Å². The van der Waals surface area contributed by atoms with Gasteiger partial charge in [0.05, 0.1) is 34.5 Å². The predicted octanol–water partition coefficient (Wildman–Crippen LogP) is 5.12. The van der Waals surface area contributed by atoms with Crippen LogP contribution < -0.4 is 19.7 Å². The number of pyridine rings is 1. The summed E-state index contributed by atoms with van der Waals surface area (Å²) in [6.45, 7) is 10.7. The monoisotopic (exact) mass is 683 g/mol. The number of phenols is 1. The van der Waals surface area contributed by atoms with Gasteiger partial charge in [-0.2, -0.15) is 9.97 Å². The molecule has 8 rings (SSSR count). The Hall–Kier alpha value is -4.83. The molecule has 50 heavy (non-hydrogen) atoms. The summed E-state index contributed by atoms with van der Waals surface area (Å²) in [5, 5.41) is 15.0. The summed E-state index contributed by atoms with van der Waals surface area (Å²) < 4.78 is 72.8. The van der Waals surface area contributed by atoms with Crippen LogP contribution in [0.4, 0.5) is 14.6 Å². The zero-order valence-corrected chi connectivity index (χ0v) is 27.6. The van der Waals surface area contributed by atoms with Gasteiger partial charge in [0.15, 0.2) is 5.82 Å². The molecule has 0 unspecified atom stereocenters. The number of aromatic nitrogens is 3. The number of hydrogen-bond donors (Lipinski definition) is 2. The Kier molecular flexibility index (Phi) is 6.89. The lowest BCUT2D eigenvalue weighted by Crippen LogP contribution is -2.61. The van der Waals surface area contributed by atoms with Gasteiger partial charge in [0.25, 0.3) is 0 Å². The van der Waals surface area contributed by atoms with Crippen molar-refractivity contribution in [2.45, 2.75) is 42.8 Å². The normalized spacial score (nSPS) is 23.9. The summed E-state index contributed by atoms with van der Waals surface area (Å²) >= 11 is 0. The standard InChI is InChI=1S/C38H38F2N6O4/c1-6-26-28(39)8-7-23-11-25(47)12-27(29(23)26)32-31(40)33-30(35(41-32)49-5)34(45-17-24-9-10-37(18-45,44-24)19-48-4)43-36(42-33)50-20-38-13-21(2)15-46(38)16-22(3)14-38/h1,7-8,11-12,24,44,47H,2-3,9-10,13-20H2,4-5H3/t24-,37+/m1/s1/i4D3. The second-order valence-electron chi connectivity index (χ2n) is 14.0. The van der Waals surface area contributed by atoms with Crippen molar-refractivity contribution < 1.29 is 32.2 Å². The Bertz CT molecular complexity index is 2240. The zero-order chi connectivity index (χ0) is 37.4. The fourth-order valence-electron chi connectivity index (χ4n) is 8.57. The first-order valence-corrected chi connectivity index (χ1v) is 16.5. The van der Waals surface area contributed by atoms with E-state index in [9.17, 15) is 5.11 Å². The summed E-state index contributed by atoms with van der Waals surface area (Å²) in [4.78, 5) is 18.3. The smallest absolute Gasteiger partial charge is 0.319 e. The minimum atomic E-state index is -2.59. The molecule has 4 aliphatic heterocycles. The first-order valence-electron chi connectivity index (χ1n) is 18.0. The van der Waals surface area contributed by atoms with E-state index in [2.05, 4.69) is 39.3 Å². The molecule has 10 nitrogen and oxygen atoms in total. The van der Waals surface area contributed by atoms with Crippen LogP contribution in [0.1, 0.15) is 35.4 Å². The van der Waals surface area contributed by atoms with Gasteiger partial charge in [0, 0.05) is 50.2 Å². The van der Waals surface area contributed by atoms with Crippen molar-refractivity contribution in [3.05, 3.63) is 65.8 Å². The fraction of sp³-hybridized carbons (Fsp3) is 0.395. The Morgan fingerprint density at radius 2 is 1.94 bits per heavy atom. The van der Waals surface area contributed by atoms with E-state index in [4.69, 9.17) is 29.7 Å². The molecule has 0 spiro atoms. The van der Waals surface area contributed by atoms with Crippen molar-refractivity contribution in [2.75, 3.05) is 58.4 Å². The van der Waals surface area contributed by atoms with Crippen molar-refractivity contribution in [1.29, 1.82) is 0 Å². The molecule has 2 aromatic heterocycles. The lowest BCUT2D eigenvalue weighted by molar-refractivity contribution is 0.107. The molecule has 6 heterocycles. The molecule has 2 bridgehead atoms. The third kappa shape index (κ3) is 5.14. The highest BCUT2D eigenvalue weighted by Gasteiger charge is 2.49. The van der Waals surface area contributed by atoms with Gasteiger partial charge < -0.3 is 29.5 Å². The number of nitrogens with one attached hydrogen (secondary N) is 1. The van der Waals surface area contributed by atoms with Crippen LogP contribution in [-0.2, 0) is 4.74 Å². The molecule has 0 radical (unpaired) electrons. The van der Waals surface area contributed by atoms with Gasteiger partial charge in [0.1, 0.15) is 40.6 Å². The summed E-state index contributed by atoms with van der Waals surface area (Å²) in [6, 6.07) is 5.17. The van der Waals surface area contributed by atoms with Crippen molar-refractivity contribution in [3.8, 4) is 41.2 Å². The molecule has 0 saturated carbocycles. The number of piperazine rings is 1. The van der Waals surface area contributed by atoms with E-state index in [0.717, 1.165) is 17.6 Å². The van der Waals surface area contributed by atoms with Gasteiger partial charge >= 0.3 is 6.01 Å². The molecule has 4 saturated heterocycles.